The van der Waals surface area contributed by atoms with E-state index in [1.54, 1.807) is 11.8 Å². The van der Waals surface area contributed by atoms with Crippen LogP contribution in [0.3, 0.4) is 0 Å². The number of rotatable bonds is 4. The lowest BCUT2D eigenvalue weighted by Gasteiger charge is -2.36. The topological polar surface area (TPSA) is 41.9 Å². The first-order valence-electron chi connectivity index (χ1n) is 9.03. The molecular weight excluding hydrogens is 436 g/mol. The molecule has 0 saturated heterocycles. The smallest absolute Gasteiger partial charge is 0.338 e. The Kier molecular flexibility index (Phi) is 5.42. The summed E-state index contributed by atoms with van der Waals surface area (Å²) >= 11 is 5.07. The van der Waals surface area contributed by atoms with Gasteiger partial charge in [0.1, 0.15) is 0 Å². The number of fused-ring (bicyclic) bond motifs is 1. The fourth-order valence-electron chi connectivity index (χ4n) is 3.43. The molecule has 0 amide bonds. The predicted octanol–water partition coefficient (Wildman–Crippen LogP) is 5.74. The molecule has 0 spiro atoms. The highest BCUT2D eigenvalue weighted by Gasteiger charge is 2.40. The number of hydrogen-bond acceptors (Lipinski definition) is 5. The minimum Gasteiger partial charge on any atom is -0.463 e. The van der Waals surface area contributed by atoms with Gasteiger partial charge < -0.3 is 9.64 Å². The van der Waals surface area contributed by atoms with Gasteiger partial charge in [-0.15, -0.1) is 0 Å². The van der Waals surface area contributed by atoms with Gasteiger partial charge in [0.2, 0.25) is 0 Å². The van der Waals surface area contributed by atoms with Gasteiger partial charge in [-0.25, -0.2) is 9.79 Å². The van der Waals surface area contributed by atoms with E-state index in [2.05, 4.69) is 38.4 Å². The van der Waals surface area contributed by atoms with Crippen LogP contribution in [-0.4, -0.2) is 22.6 Å². The third kappa shape index (κ3) is 3.42. The maximum atomic E-state index is 12.9. The molecule has 1 atom stereocenters. The van der Waals surface area contributed by atoms with Gasteiger partial charge in [0, 0.05) is 9.88 Å². The number of amidine groups is 1. The Labute approximate surface area is 177 Å². The standard InChI is InChI=1S/C22H19BrN2O2S/c1-3-27-21(26)19-14(2)24-22-25(20(19)16-7-5-4-6-8-16)18(13-28-22)15-9-11-17(23)12-10-15/h4-13,20H,3H2,1-2H3/t20-/m0/s1. The first-order chi connectivity index (χ1) is 13.6. The van der Waals surface area contributed by atoms with Crippen LogP contribution in [0.2, 0.25) is 0 Å². The van der Waals surface area contributed by atoms with Crippen molar-refractivity contribution in [3.63, 3.8) is 0 Å². The molecular formula is C22H19BrN2O2S. The second-order valence-corrected chi connectivity index (χ2v) is 8.18. The number of carbonyl (C=O) groups is 1. The van der Waals surface area contributed by atoms with Crippen molar-refractivity contribution >= 4 is 44.5 Å². The summed E-state index contributed by atoms with van der Waals surface area (Å²) in [6.45, 7) is 4.03. The number of nitrogens with zero attached hydrogens (tertiary/aromatic N) is 2. The summed E-state index contributed by atoms with van der Waals surface area (Å²) in [5, 5.41) is 2.97. The van der Waals surface area contributed by atoms with E-state index in [0.29, 0.717) is 17.9 Å². The van der Waals surface area contributed by atoms with Crippen LogP contribution < -0.4 is 0 Å². The number of benzene rings is 2. The molecule has 4 rings (SSSR count). The van der Waals surface area contributed by atoms with Crippen LogP contribution in [0.25, 0.3) is 5.70 Å². The second kappa shape index (κ2) is 7.97. The zero-order valence-corrected chi connectivity index (χ0v) is 18.0. The molecule has 6 heteroatoms. The molecule has 0 aliphatic carbocycles. The van der Waals surface area contributed by atoms with Gasteiger partial charge in [0.05, 0.1) is 29.6 Å². The highest BCUT2D eigenvalue weighted by atomic mass is 79.9. The first kappa shape index (κ1) is 19.0. The van der Waals surface area contributed by atoms with E-state index in [9.17, 15) is 4.79 Å². The van der Waals surface area contributed by atoms with Gasteiger partial charge in [-0.05, 0) is 37.1 Å². The van der Waals surface area contributed by atoms with Gasteiger partial charge in [-0.3, -0.25) is 0 Å². The maximum Gasteiger partial charge on any atom is 0.338 e. The number of thioether (sulfide) groups is 1. The minimum absolute atomic E-state index is 0.280. The molecule has 142 valence electrons. The molecule has 0 N–H and O–H groups in total. The Morgan fingerprint density at radius 3 is 2.57 bits per heavy atom. The van der Waals surface area contributed by atoms with Crippen LogP contribution in [0.5, 0.6) is 0 Å². The van der Waals surface area contributed by atoms with Gasteiger partial charge in [-0.1, -0.05) is 70.2 Å². The zero-order valence-electron chi connectivity index (χ0n) is 15.6. The molecule has 2 aromatic rings. The van der Waals surface area contributed by atoms with Gasteiger partial charge in [0.25, 0.3) is 0 Å². The van der Waals surface area contributed by atoms with Crippen LogP contribution in [0.4, 0.5) is 0 Å². The van der Waals surface area contributed by atoms with Crippen molar-refractivity contribution in [1.29, 1.82) is 0 Å². The Balaban J connectivity index is 1.84. The summed E-state index contributed by atoms with van der Waals surface area (Å²) in [5.74, 6) is -0.316. The van der Waals surface area contributed by atoms with Crippen molar-refractivity contribution in [2.45, 2.75) is 19.9 Å². The Hall–Kier alpha value is -2.31. The van der Waals surface area contributed by atoms with E-state index >= 15 is 0 Å². The lowest BCUT2D eigenvalue weighted by Crippen LogP contribution is -2.36. The molecule has 0 bridgehead atoms. The summed E-state index contributed by atoms with van der Waals surface area (Å²) in [4.78, 5) is 19.7. The van der Waals surface area contributed by atoms with E-state index in [1.807, 2.05) is 56.3 Å². The number of aliphatic imine (C=N–C) groups is 1. The number of allylic oxidation sites excluding steroid dienone is 1. The molecule has 2 heterocycles. The number of carbonyl (C=O) groups excluding carboxylic acids is 1. The van der Waals surface area contributed by atoms with Crippen molar-refractivity contribution in [3.8, 4) is 0 Å². The monoisotopic (exact) mass is 454 g/mol. The molecule has 2 aliphatic heterocycles. The fraction of sp³-hybridized carbons (Fsp3) is 0.182. The number of hydrogen-bond donors (Lipinski definition) is 0. The normalized spacial score (nSPS) is 18.5. The molecule has 0 radical (unpaired) electrons. The average Bonchev–Trinajstić information content (AvgIpc) is 3.11. The van der Waals surface area contributed by atoms with Gasteiger partial charge in [0.15, 0.2) is 5.17 Å². The van der Waals surface area contributed by atoms with Crippen LogP contribution in [0.15, 0.2) is 80.7 Å². The number of halogens is 1. The third-order valence-corrected chi connectivity index (χ3v) is 6.05. The zero-order chi connectivity index (χ0) is 19.7. The average molecular weight is 455 g/mol. The molecule has 2 aromatic carbocycles. The van der Waals surface area contributed by atoms with Crippen molar-refractivity contribution in [3.05, 3.63) is 86.9 Å². The van der Waals surface area contributed by atoms with Crippen LogP contribution in [0.1, 0.15) is 31.0 Å². The third-order valence-electron chi connectivity index (χ3n) is 4.68. The quantitative estimate of drug-likeness (QED) is 0.551. The van der Waals surface area contributed by atoms with Gasteiger partial charge in [-0.2, -0.15) is 0 Å². The molecule has 0 fully saturated rings. The summed E-state index contributed by atoms with van der Waals surface area (Å²) in [5.41, 5.74) is 4.42. The molecule has 2 aliphatic rings. The lowest BCUT2D eigenvalue weighted by atomic mass is 9.93. The Morgan fingerprint density at radius 2 is 1.89 bits per heavy atom. The van der Waals surface area contributed by atoms with Crippen molar-refractivity contribution in [2.24, 2.45) is 4.99 Å². The van der Waals surface area contributed by atoms with E-state index < -0.39 is 0 Å². The number of ether oxygens (including phenoxy) is 1. The molecule has 4 nitrogen and oxygen atoms in total. The van der Waals surface area contributed by atoms with Crippen molar-refractivity contribution < 1.29 is 9.53 Å². The summed E-state index contributed by atoms with van der Waals surface area (Å²) < 4.78 is 6.41. The van der Waals surface area contributed by atoms with E-state index in [4.69, 9.17) is 9.73 Å². The predicted molar refractivity (Wildman–Crippen MR) is 118 cm³/mol. The lowest BCUT2D eigenvalue weighted by molar-refractivity contribution is -0.139. The second-order valence-electron chi connectivity index (χ2n) is 6.42. The molecule has 28 heavy (non-hydrogen) atoms. The highest BCUT2D eigenvalue weighted by molar-refractivity contribution is 9.10. The van der Waals surface area contributed by atoms with Crippen LogP contribution >= 0.6 is 27.7 Å². The Morgan fingerprint density at radius 1 is 1.18 bits per heavy atom. The molecule has 0 unspecified atom stereocenters. The van der Waals surface area contributed by atoms with Crippen molar-refractivity contribution in [1.82, 2.24) is 4.90 Å². The SMILES string of the molecule is CCOC(=O)C1=C(C)N=C2SC=C(c3ccc(Br)cc3)N2[C@H]1c1ccccc1. The summed E-state index contributed by atoms with van der Waals surface area (Å²) in [6.07, 6.45) is 0. The summed E-state index contributed by atoms with van der Waals surface area (Å²) in [7, 11) is 0. The Bertz CT molecular complexity index is 997. The van der Waals surface area contributed by atoms with Crippen molar-refractivity contribution in [2.75, 3.05) is 6.61 Å². The summed E-state index contributed by atoms with van der Waals surface area (Å²) in [6, 6.07) is 17.9. The molecule has 0 aromatic heterocycles. The van der Waals surface area contributed by atoms with Crippen LogP contribution in [-0.2, 0) is 9.53 Å². The van der Waals surface area contributed by atoms with Gasteiger partial charge >= 0.3 is 5.97 Å². The maximum absolute atomic E-state index is 12.9. The fourth-order valence-corrected chi connectivity index (χ4v) is 4.67. The minimum atomic E-state index is -0.316. The highest BCUT2D eigenvalue weighted by Crippen LogP contribution is 2.46. The van der Waals surface area contributed by atoms with E-state index in [1.165, 1.54) is 0 Å². The van der Waals surface area contributed by atoms with E-state index in [0.717, 1.165) is 26.5 Å². The largest absolute Gasteiger partial charge is 0.463 e. The molecule has 0 saturated carbocycles. The van der Waals surface area contributed by atoms with Crippen LogP contribution in [0, 0.1) is 0 Å². The van der Waals surface area contributed by atoms with E-state index in [-0.39, 0.29) is 12.0 Å². The number of esters is 1. The first-order valence-corrected chi connectivity index (χ1v) is 10.7.